The fourth-order valence-corrected chi connectivity index (χ4v) is 1.37. The molecule has 0 saturated heterocycles. The number of hydrogen-bond donors (Lipinski definition) is 1. The third kappa shape index (κ3) is 2.81. The molecule has 1 N–H and O–H groups in total. The molecule has 0 radical (unpaired) electrons. The summed E-state index contributed by atoms with van der Waals surface area (Å²) in [7, 11) is 0. The lowest BCUT2D eigenvalue weighted by Gasteiger charge is -2.02. The number of benzene rings is 1. The van der Waals surface area contributed by atoms with E-state index < -0.39 is 22.8 Å². The van der Waals surface area contributed by atoms with E-state index in [2.05, 4.69) is 0 Å². The minimum absolute atomic E-state index is 0.378. The Morgan fingerprint density at radius 3 is 2.57 bits per heavy atom. The van der Waals surface area contributed by atoms with Crippen LogP contribution in [0.1, 0.15) is 0 Å². The molecular weight excluding hydrogens is 239 g/mol. The van der Waals surface area contributed by atoms with E-state index in [9.17, 15) is 18.0 Å². The van der Waals surface area contributed by atoms with Crippen LogP contribution in [0.25, 0.3) is 0 Å². The van der Waals surface area contributed by atoms with Crippen molar-refractivity contribution in [3.8, 4) is 0 Å². The number of amides is 1. The van der Waals surface area contributed by atoms with Crippen LogP contribution in [0.4, 0.5) is 18.0 Å². The van der Waals surface area contributed by atoms with E-state index in [1.807, 2.05) is 4.72 Å². The molecule has 0 bridgehead atoms. The average Bonchev–Trinajstić information content (AvgIpc) is 2.08. The van der Waals surface area contributed by atoms with Gasteiger partial charge in [0.2, 0.25) is 0 Å². The maximum absolute atomic E-state index is 12.9. The summed E-state index contributed by atoms with van der Waals surface area (Å²) >= 11 is 5.28. The zero-order valence-corrected chi connectivity index (χ0v) is 8.06. The van der Waals surface area contributed by atoms with Crippen LogP contribution in [0, 0.1) is 17.5 Å². The van der Waals surface area contributed by atoms with Crippen LogP contribution in [-0.2, 0) is 0 Å². The molecular formula is C7H3ClF3NOS. The first-order chi connectivity index (χ1) is 6.50. The molecule has 0 heterocycles. The Bertz CT molecular complexity index is 374. The van der Waals surface area contributed by atoms with Crippen LogP contribution in [-0.4, -0.2) is 5.37 Å². The van der Waals surface area contributed by atoms with Crippen LogP contribution in [0.5, 0.6) is 0 Å². The fraction of sp³-hybridized carbons (Fsp3) is 0. The van der Waals surface area contributed by atoms with Crippen LogP contribution in [0.15, 0.2) is 17.0 Å². The fourth-order valence-electron chi connectivity index (χ4n) is 0.702. The summed E-state index contributed by atoms with van der Waals surface area (Å²) in [6, 6.07) is 1.15. The molecule has 0 aliphatic carbocycles. The first-order valence-corrected chi connectivity index (χ1v) is 4.47. The van der Waals surface area contributed by atoms with Gasteiger partial charge < -0.3 is 0 Å². The van der Waals surface area contributed by atoms with Gasteiger partial charge in [0.15, 0.2) is 11.6 Å². The molecule has 0 aromatic heterocycles. The maximum atomic E-state index is 12.9. The summed E-state index contributed by atoms with van der Waals surface area (Å²) < 4.78 is 40.0. The van der Waals surface area contributed by atoms with Crippen molar-refractivity contribution in [2.24, 2.45) is 0 Å². The Balaban J connectivity index is 2.90. The third-order valence-electron chi connectivity index (χ3n) is 1.20. The Kier molecular flexibility index (Phi) is 3.65. The highest BCUT2D eigenvalue weighted by Gasteiger charge is 2.12. The largest absolute Gasteiger partial charge is 0.323 e. The van der Waals surface area contributed by atoms with E-state index in [1.165, 1.54) is 0 Å². The minimum Gasteiger partial charge on any atom is -0.282 e. The summed E-state index contributed by atoms with van der Waals surface area (Å²) in [6.07, 6.45) is 0. The van der Waals surface area contributed by atoms with Gasteiger partial charge in [0.25, 0.3) is 0 Å². The molecule has 0 aliphatic rings. The molecule has 0 atom stereocenters. The van der Waals surface area contributed by atoms with E-state index >= 15 is 0 Å². The van der Waals surface area contributed by atoms with Crippen molar-refractivity contribution in [3.05, 3.63) is 29.6 Å². The van der Waals surface area contributed by atoms with Crippen molar-refractivity contribution in [1.82, 2.24) is 4.72 Å². The zero-order valence-electron chi connectivity index (χ0n) is 6.48. The Labute approximate surface area is 86.6 Å². The van der Waals surface area contributed by atoms with Crippen LogP contribution < -0.4 is 4.72 Å². The average molecular weight is 242 g/mol. The second kappa shape index (κ2) is 4.56. The molecule has 0 fully saturated rings. The SMILES string of the molecule is O=C(Cl)NSc1cc(F)cc(F)c1F. The van der Waals surface area contributed by atoms with E-state index in [-0.39, 0.29) is 4.90 Å². The highest BCUT2D eigenvalue weighted by Crippen LogP contribution is 2.22. The van der Waals surface area contributed by atoms with E-state index in [0.717, 1.165) is 6.07 Å². The highest BCUT2D eigenvalue weighted by atomic mass is 35.5. The standard InChI is InChI=1S/C7H3ClF3NOS/c8-7(13)12-14-5-2-3(9)1-4(10)6(5)11/h1-2H,(H,12,13). The first-order valence-electron chi connectivity index (χ1n) is 3.27. The van der Waals surface area contributed by atoms with Crippen molar-refractivity contribution in [3.63, 3.8) is 0 Å². The number of hydrogen-bond acceptors (Lipinski definition) is 2. The van der Waals surface area contributed by atoms with Crippen molar-refractivity contribution >= 4 is 28.9 Å². The van der Waals surface area contributed by atoms with Gasteiger partial charge in [0.05, 0.1) is 4.90 Å². The number of halogens is 4. The molecule has 14 heavy (non-hydrogen) atoms. The monoisotopic (exact) mass is 241 g/mol. The van der Waals surface area contributed by atoms with Gasteiger partial charge in [0, 0.05) is 6.07 Å². The van der Waals surface area contributed by atoms with Crippen LogP contribution >= 0.6 is 23.5 Å². The normalized spacial score (nSPS) is 10.0. The van der Waals surface area contributed by atoms with Crippen LogP contribution in [0.3, 0.4) is 0 Å². The predicted octanol–water partition coefficient (Wildman–Crippen LogP) is 3.06. The lowest BCUT2D eigenvalue weighted by Crippen LogP contribution is -2.06. The van der Waals surface area contributed by atoms with Gasteiger partial charge in [-0.2, -0.15) is 0 Å². The van der Waals surface area contributed by atoms with Gasteiger partial charge in [-0.3, -0.25) is 9.52 Å². The second-order valence-corrected chi connectivity index (χ2v) is 3.37. The Hall–Kier alpha value is -0.880. The van der Waals surface area contributed by atoms with Gasteiger partial charge in [-0.1, -0.05) is 0 Å². The molecule has 2 nitrogen and oxygen atoms in total. The van der Waals surface area contributed by atoms with Gasteiger partial charge in [-0.25, -0.2) is 13.2 Å². The molecule has 1 aromatic carbocycles. The number of carbonyl (C=O) groups excluding carboxylic acids is 1. The third-order valence-corrected chi connectivity index (χ3v) is 2.21. The number of rotatable bonds is 2. The molecule has 0 saturated carbocycles. The summed E-state index contributed by atoms with van der Waals surface area (Å²) in [4.78, 5) is 9.84. The summed E-state index contributed by atoms with van der Waals surface area (Å²) in [5.41, 5.74) is 0. The highest BCUT2D eigenvalue weighted by molar-refractivity contribution is 7.98. The van der Waals surface area contributed by atoms with Crippen molar-refractivity contribution in [2.75, 3.05) is 0 Å². The van der Waals surface area contributed by atoms with Crippen molar-refractivity contribution in [1.29, 1.82) is 0 Å². The topological polar surface area (TPSA) is 29.1 Å². The molecule has 76 valence electrons. The molecule has 1 rings (SSSR count). The van der Waals surface area contributed by atoms with Gasteiger partial charge in [-0.05, 0) is 29.6 Å². The predicted molar refractivity (Wildman–Crippen MR) is 46.6 cm³/mol. The summed E-state index contributed by atoms with van der Waals surface area (Å²) in [5.74, 6) is -3.49. The number of nitrogens with one attached hydrogen (secondary N) is 1. The van der Waals surface area contributed by atoms with Crippen LogP contribution in [0.2, 0.25) is 0 Å². The molecule has 7 heteroatoms. The summed E-state index contributed by atoms with van der Waals surface area (Å²) in [6.45, 7) is 0. The molecule has 0 spiro atoms. The smallest absolute Gasteiger partial charge is 0.282 e. The van der Waals surface area contributed by atoms with Crippen molar-refractivity contribution < 1.29 is 18.0 Å². The lowest BCUT2D eigenvalue weighted by molar-refractivity contribution is 0.264. The number of carbonyl (C=O) groups is 1. The quantitative estimate of drug-likeness (QED) is 0.373. The van der Waals surface area contributed by atoms with E-state index in [1.54, 1.807) is 0 Å². The van der Waals surface area contributed by atoms with Gasteiger partial charge in [-0.15, -0.1) is 0 Å². The van der Waals surface area contributed by atoms with Gasteiger partial charge in [0.1, 0.15) is 5.82 Å². The van der Waals surface area contributed by atoms with E-state index in [4.69, 9.17) is 11.6 Å². The molecule has 1 aromatic rings. The molecule has 1 amide bonds. The van der Waals surface area contributed by atoms with E-state index in [0.29, 0.717) is 18.0 Å². The Morgan fingerprint density at radius 2 is 2.00 bits per heavy atom. The minimum atomic E-state index is -1.32. The Morgan fingerprint density at radius 1 is 1.36 bits per heavy atom. The molecule has 0 aliphatic heterocycles. The molecule has 0 unspecified atom stereocenters. The summed E-state index contributed by atoms with van der Waals surface area (Å²) in [5, 5.41) is -0.959. The van der Waals surface area contributed by atoms with Gasteiger partial charge >= 0.3 is 5.37 Å². The zero-order chi connectivity index (χ0) is 10.7. The maximum Gasteiger partial charge on any atom is 0.323 e. The van der Waals surface area contributed by atoms with Crippen molar-refractivity contribution in [2.45, 2.75) is 4.90 Å². The first kappa shape index (κ1) is 11.2. The lowest BCUT2D eigenvalue weighted by atomic mass is 10.3. The second-order valence-electron chi connectivity index (χ2n) is 2.18.